The van der Waals surface area contributed by atoms with Crippen LogP contribution in [-0.2, 0) is 12.7 Å². The number of urea groups is 1. The molecular weight excluding hydrogens is 359 g/mol. The highest BCUT2D eigenvalue weighted by atomic mass is 35.5. The molecule has 25 heavy (non-hydrogen) atoms. The van der Waals surface area contributed by atoms with Gasteiger partial charge >= 0.3 is 12.2 Å². The van der Waals surface area contributed by atoms with Crippen molar-refractivity contribution in [2.45, 2.75) is 12.7 Å². The average molecular weight is 374 g/mol. The first-order valence-electron chi connectivity index (χ1n) is 7.07. The standard InChI is InChI=1S/C15H15ClF3N5O/c1-24(2)13-5-6-20-12(23-13)8-21-14(25)22-9-3-4-11(16)10(7-9)15(17,18)19/h3-7H,8H2,1-2H3,(H2,21,22,25). The summed E-state index contributed by atoms with van der Waals surface area (Å²) in [6, 6.07) is 4.14. The van der Waals surface area contributed by atoms with Gasteiger partial charge in [-0.15, -0.1) is 0 Å². The van der Waals surface area contributed by atoms with Crippen LogP contribution >= 0.6 is 11.6 Å². The Morgan fingerprint density at radius 2 is 2.00 bits per heavy atom. The van der Waals surface area contributed by atoms with E-state index in [2.05, 4.69) is 20.6 Å². The van der Waals surface area contributed by atoms with Crippen LogP contribution in [0.3, 0.4) is 0 Å². The lowest BCUT2D eigenvalue weighted by molar-refractivity contribution is -0.137. The van der Waals surface area contributed by atoms with Crippen molar-refractivity contribution >= 4 is 29.1 Å². The Bertz CT molecular complexity index is 767. The number of alkyl halides is 3. The van der Waals surface area contributed by atoms with Crippen LogP contribution in [0.15, 0.2) is 30.5 Å². The molecule has 0 unspecified atom stereocenters. The second kappa shape index (κ2) is 7.56. The maximum atomic E-state index is 12.8. The minimum Gasteiger partial charge on any atom is -0.363 e. The van der Waals surface area contributed by atoms with Crippen LogP contribution in [0.25, 0.3) is 0 Å². The molecule has 1 heterocycles. The largest absolute Gasteiger partial charge is 0.417 e. The van der Waals surface area contributed by atoms with E-state index >= 15 is 0 Å². The van der Waals surface area contributed by atoms with E-state index in [1.165, 1.54) is 6.07 Å². The van der Waals surface area contributed by atoms with Crippen LogP contribution in [0.2, 0.25) is 5.02 Å². The Morgan fingerprint density at radius 1 is 1.28 bits per heavy atom. The van der Waals surface area contributed by atoms with E-state index in [-0.39, 0.29) is 12.2 Å². The summed E-state index contributed by atoms with van der Waals surface area (Å²) in [4.78, 5) is 21.9. The van der Waals surface area contributed by atoms with Gasteiger partial charge in [0.1, 0.15) is 11.6 Å². The Hall–Kier alpha value is -2.55. The predicted octanol–water partition coefficient (Wildman–Crippen LogP) is 3.54. The summed E-state index contributed by atoms with van der Waals surface area (Å²) in [5.74, 6) is 1.04. The fourth-order valence-electron chi connectivity index (χ4n) is 1.88. The second-order valence-corrected chi connectivity index (χ2v) is 5.63. The molecule has 0 aliphatic heterocycles. The molecule has 0 radical (unpaired) electrons. The van der Waals surface area contributed by atoms with Gasteiger partial charge in [0.25, 0.3) is 0 Å². The molecule has 0 spiro atoms. The third kappa shape index (κ3) is 5.21. The maximum Gasteiger partial charge on any atom is 0.417 e. The quantitative estimate of drug-likeness (QED) is 0.860. The lowest BCUT2D eigenvalue weighted by Gasteiger charge is -2.13. The zero-order valence-electron chi connectivity index (χ0n) is 13.4. The highest BCUT2D eigenvalue weighted by Crippen LogP contribution is 2.36. The molecular formula is C15H15ClF3N5O. The van der Waals surface area contributed by atoms with E-state index in [1.54, 1.807) is 17.2 Å². The zero-order chi connectivity index (χ0) is 18.6. The van der Waals surface area contributed by atoms with Gasteiger partial charge in [-0.25, -0.2) is 14.8 Å². The van der Waals surface area contributed by atoms with Gasteiger partial charge in [-0.1, -0.05) is 11.6 Å². The molecule has 0 atom stereocenters. The molecule has 0 bridgehead atoms. The number of aromatic nitrogens is 2. The summed E-state index contributed by atoms with van der Waals surface area (Å²) in [5.41, 5.74) is -1.05. The van der Waals surface area contributed by atoms with Gasteiger partial charge in [0.2, 0.25) is 0 Å². The molecule has 6 nitrogen and oxygen atoms in total. The number of rotatable bonds is 4. The number of benzene rings is 1. The Morgan fingerprint density at radius 3 is 2.64 bits per heavy atom. The molecule has 2 amide bonds. The van der Waals surface area contributed by atoms with Gasteiger partial charge in [-0.3, -0.25) is 0 Å². The van der Waals surface area contributed by atoms with Crippen LogP contribution in [0.4, 0.5) is 29.5 Å². The molecule has 10 heteroatoms. The van der Waals surface area contributed by atoms with Crippen molar-refractivity contribution in [3.05, 3.63) is 46.9 Å². The number of carbonyl (C=O) groups is 1. The Kier molecular flexibility index (Phi) is 5.68. The molecule has 0 aliphatic carbocycles. The molecule has 0 aliphatic rings. The molecule has 0 saturated carbocycles. The monoisotopic (exact) mass is 373 g/mol. The van der Waals surface area contributed by atoms with Crippen molar-refractivity contribution in [2.24, 2.45) is 0 Å². The van der Waals surface area contributed by atoms with Gasteiger partial charge in [-0.2, -0.15) is 13.2 Å². The van der Waals surface area contributed by atoms with Crippen molar-refractivity contribution in [2.75, 3.05) is 24.3 Å². The fraction of sp³-hybridized carbons (Fsp3) is 0.267. The van der Waals surface area contributed by atoms with E-state index in [0.717, 1.165) is 12.1 Å². The molecule has 0 saturated heterocycles. The summed E-state index contributed by atoms with van der Waals surface area (Å²) < 4.78 is 38.4. The molecule has 134 valence electrons. The molecule has 2 aromatic rings. The van der Waals surface area contributed by atoms with Gasteiger partial charge in [0.15, 0.2) is 0 Å². The third-order valence-corrected chi connectivity index (χ3v) is 3.42. The summed E-state index contributed by atoms with van der Waals surface area (Å²) >= 11 is 5.53. The Balaban J connectivity index is 2.00. The first kappa shape index (κ1) is 18.8. The smallest absolute Gasteiger partial charge is 0.363 e. The van der Waals surface area contributed by atoms with Gasteiger partial charge < -0.3 is 15.5 Å². The van der Waals surface area contributed by atoms with Crippen molar-refractivity contribution in [3.63, 3.8) is 0 Å². The SMILES string of the molecule is CN(C)c1ccnc(CNC(=O)Nc2ccc(Cl)c(C(F)(F)F)c2)n1. The number of nitrogens with zero attached hydrogens (tertiary/aromatic N) is 3. The van der Waals surface area contributed by atoms with E-state index in [9.17, 15) is 18.0 Å². The summed E-state index contributed by atoms with van der Waals surface area (Å²) in [6.07, 6.45) is -3.06. The first-order chi connectivity index (χ1) is 11.7. The van der Waals surface area contributed by atoms with E-state index in [1.807, 2.05) is 14.1 Å². The van der Waals surface area contributed by atoms with Gasteiger partial charge in [0.05, 0.1) is 17.1 Å². The van der Waals surface area contributed by atoms with Crippen LogP contribution in [0.5, 0.6) is 0 Å². The summed E-state index contributed by atoms with van der Waals surface area (Å²) in [5, 5.41) is 4.36. The number of halogens is 4. The van der Waals surface area contributed by atoms with Crippen molar-refractivity contribution in [1.29, 1.82) is 0 Å². The lowest BCUT2D eigenvalue weighted by Crippen LogP contribution is -2.29. The fourth-order valence-corrected chi connectivity index (χ4v) is 2.10. The second-order valence-electron chi connectivity index (χ2n) is 5.23. The molecule has 1 aromatic heterocycles. The number of carbonyl (C=O) groups excluding carboxylic acids is 1. The normalized spacial score (nSPS) is 11.1. The van der Waals surface area contributed by atoms with E-state index < -0.39 is 22.8 Å². The van der Waals surface area contributed by atoms with Gasteiger partial charge in [-0.05, 0) is 24.3 Å². The summed E-state index contributed by atoms with van der Waals surface area (Å²) in [6.45, 7) is 0.0211. The minimum absolute atomic E-state index is 0.0211. The maximum absolute atomic E-state index is 12.8. The van der Waals surface area contributed by atoms with Crippen molar-refractivity contribution in [3.8, 4) is 0 Å². The molecule has 0 fully saturated rings. The topological polar surface area (TPSA) is 70.2 Å². The first-order valence-corrected chi connectivity index (χ1v) is 7.45. The van der Waals surface area contributed by atoms with E-state index in [4.69, 9.17) is 11.6 Å². The predicted molar refractivity (Wildman–Crippen MR) is 88.7 cm³/mol. The molecule has 1 aromatic carbocycles. The number of nitrogens with one attached hydrogen (secondary N) is 2. The highest BCUT2D eigenvalue weighted by Gasteiger charge is 2.33. The number of anilines is 2. The lowest BCUT2D eigenvalue weighted by atomic mass is 10.2. The molecule has 2 N–H and O–H groups in total. The van der Waals surface area contributed by atoms with Gasteiger partial charge in [0, 0.05) is 26.0 Å². The van der Waals surface area contributed by atoms with Crippen molar-refractivity contribution < 1.29 is 18.0 Å². The minimum atomic E-state index is -4.61. The summed E-state index contributed by atoms with van der Waals surface area (Å²) in [7, 11) is 3.62. The van der Waals surface area contributed by atoms with Crippen LogP contribution in [0.1, 0.15) is 11.4 Å². The van der Waals surface area contributed by atoms with Crippen LogP contribution in [-0.4, -0.2) is 30.1 Å². The van der Waals surface area contributed by atoms with E-state index in [0.29, 0.717) is 11.6 Å². The number of hydrogen-bond donors (Lipinski definition) is 2. The van der Waals surface area contributed by atoms with Crippen molar-refractivity contribution in [1.82, 2.24) is 15.3 Å². The van der Waals surface area contributed by atoms with Crippen LogP contribution < -0.4 is 15.5 Å². The zero-order valence-corrected chi connectivity index (χ0v) is 14.1. The number of hydrogen-bond acceptors (Lipinski definition) is 4. The average Bonchev–Trinajstić information content (AvgIpc) is 2.54. The van der Waals surface area contributed by atoms with Crippen LogP contribution in [0, 0.1) is 0 Å². The third-order valence-electron chi connectivity index (χ3n) is 3.09. The Labute approximate surface area is 147 Å². The molecule has 2 rings (SSSR count). The number of amides is 2. The highest BCUT2D eigenvalue weighted by molar-refractivity contribution is 6.31.